The number of rotatable bonds is 3. The number of nitrogens with one attached hydrogen (secondary N) is 1. The highest BCUT2D eigenvalue weighted by atomic mass is 19.4. The zero-order valence-electron chi connectivity index (χ0n) is 17.4. The van der Waals surface area contributed by atoms with E-state index in [0.717, 1.165) is 47.0 Å². The van der Waals surface area contributed by atoms with Crippen molar-refractivity contribution >= 4 is 17.4 Å². The van der Waals surface area contributed by atoms with Crippen LogP contribution in [0.25, 0.3) is 0 Å². The number of halogens is 6. The second-order valence-electron chi connectivity index (χ2n) is 7.61. The Morgan fingerprint density at radius 1 is 0.794 bits per heavy atom. The van der Waals surface area contributed by atoms with Gasteiger partial charge in [-0.25, -0.2) is 9.80 Å². The zero-order chi connectivity index (χ0) is 24.5. The number of alkyl halides is 6. The Bertz CT molecular complexity index is 1190. The van der Waals surface area contributed by atoms with E-state index >= 15 is 0 Å². The molecule has 1 unspecified atom stereocenters. The average Bonchev–Trinajstić information content (AvgIpc) is 3.25. The number of carbonyl (C=O) groups is 1. The topological polar surface area (TPSA) is 44.7 Å². The Hall–Kier alpha value is -3.82. The van der Waals surface area contributed by atoms with Gasteiger partial charge in [0.1, 0.15) is 0 Å². The monoisotopic (exact) mass is 477 g/mol. The maximum atomic E-state index is 12.9. The van der Waals surface area contributed by atoms with E-state index in [0.29, 0.717) is 11.3 Å². The first kappa shape index (κ1) is 23.3. The fourth-order valence-corrected chi connectivity index (χ4v) is 3.60. The average molecular weight is 477 g/mol. The molecule has 176 valence electrons. The van der Waals surface area contributed by atoms with Gasteiger partial charge in [-0.2, -0.15) is 31.4 Å². The predicted octanol–water partition coefficient (Wildman–Crippen LogP) is 6.76. The van der Waals surface area contributed by atoms with Crippen LogP contribution in [0.4, 0.5) is 36.8 Å². The molecule has 1 N–H and O–H groups in total. The van der Waals surface area contributed by atoms with Crippen LogP contribution < -0.4 is 5.32 Å². The first-order valence-corrected chi connectivity index (χ1v) is 10.1. The highest BCUT2D eigenvalue weighted by Crippen LogP contribution is 2.33. The van der Waals surface area contributed by atoms with Crippen molar-refractivity contribution in [2.45, 2.75) is 18.3 Å². The minimum absolute atomic E-state index is 0.104. The minimum atomic E-state index is -4.50. The minimum Gasteiger partial charge on any atom is -0.306 e. The number of nitrogens with zero attached hydrogens (tertiary/aromatic N) is 2. The van der Waals surface area contributed by atoms with Crippen molar-refractivity contribution in [2.24, 2.45) is 5.10 Å². The standard InChI is InChI=1S/C24H17F6N3O/c25-23(26,27)17-8-6-16(7-9-17)21-20(15-4-2-1-3-5-15)14-33(32-21)22(34)31-19-12-10-18(11-13-19)24(28,29)30/h1-13,20H,14H2,(H,31,34). The molecule has 1 heterocycles. The van der Waals surface area contributed by atoms with Gasteiger partial charge in [0.05, 0.1) is 23.4 Å². The number of hydrogen-bond donors (Lipinski definition) is 1. The van der Waals surface area contributed by atoms with E-state index < -0.39 is 35.4 Å². The van der Waals surface area contributed by atoms with Crippen LogP contribution in [0.3, 0.4) is 0 Å². The third-order valence-electron chi connectivity index (χ3n) is 5.32. The molecule has 3 aromatic rings. The van der Waals surface area contributed by atoms with Crippen molar-refractivity contribution in [2.75, 3.05) is 11.9 Å². The SMILES string of the molecule is O=C(Nc1ccc(C(F)(F)F)cc1)N1CC(c2ccccc2)C(c2ccc(C(F)(F)F)cc2)=N1. The van der Waals surface area contributed by atoms with Gasteiger partial charge in [-0.15, -0.1) is 0 Å². The van der Waals surface area contributed by atoms with Crippen LogP contribution in [0.5, 0.6) is 0 Å². The second-order valence-corrected chi connectivity index (χ2v) is 7.61. The van der Waals surface area contributed by atoms with Crippen molar-refractivity contribution in [3.8, 4) is 0 Å². The van der Waals surface area contributed by atoms with Crippen molar-refractivity contribution < 1.29 is 31.1 Å². The Morgan fingerprint density at radius 3 is 1.85 bits per heavy atom. The summed E-state index contributed by atoms with van der Waals surface area (Å²) in [5.74, 6) is -0.406. The Labute approximate surface area is 190 Å². The lowest BCUT2D eigenvalue weighted by molar-refractivity contribution is -0.138. The molecule has 0 spiro atoms. The molecule has 0 radical (unpaired) electrons. The van der Waals surface area contributed by atoms with E-state index in [9.17, 15) is 31.1 Å². The first-order valence-electron chi connectivity index (χ1n) is 10.1. The zero-order valence-corrected chi connectivity index (χ0v) is 17.4. The van der Waals surface area contributed by atoms with Crippen molar-refractivity contribution in [1.82, 2.24) is 5.01 Å². The number of anilines is 1. The van der Waals surface area contributed by atoms with Gasteiger partial charge in [-0.05, 0) is 47.5 Å². The molecule has 1 atom stereocenters. The van der Waals surface area contributed by atoms with Crippen LogP contribution in [0.15, 0.2) is 84.0 Å². The molecular weight excluding hydrogens is 460 g/mol. The molecule has 0 fully saturated rings. The predicted molar refractivity (Wildman–Crippen MR) is 114 cm³/mol. The molecule has 4 nitrogen and oxygen atoms in total. The van der Waals surface area contributed by atoms with E-state index in [1.807, 2.05) is 18.2 Å². The van der Waals surface area contributed by atoms with E-state index in [4.69, 9.17) is 0 Å². The Morgan fingerprint density at radius 2 is 1.32 bits per heavy atom. The molecule has 3 aromatic carbocycles. The molecule has 34 heavy (non-hydrogen) atoms. The molecule has 0 aromatic heterocycles. The molecule has 0 bridgehead atoms. The summed E-state index contributed by atoms with van der Waals surface area (Å²) in [7, 11) is 0. The van der Waals surface area contributed by atoms with Crippen LogP contribution in [0, 0.1) is 0 Å². The quantitative estimate of drug-likeness (QED) is 0.416. The van der Waals surface area contributed by atoms with E-state index in [1.54, 1.807) is 12.1 Å². The van der Waals surface area contributed by atoms with Gasteiger partial charge in [0.2, 0.25) is 0 Å². The molecule has 0 aliphatic carbocycles. The second kappa shape index (κ2) is 8.85. The third-order valence-corrected chi connectivity index (χ3v) is 5.32. The molecule has 4 rings (SSSR count). The van der Waals surface area contributed by atoms with E-state index in [-0.39, 0.29) is 12.2 Å². The van der Waals surface area contributed by atoms with Crippen LogP contribution in [-0.4, -0.2) is 23.3 Å². The van der Waals surface area contributed by atoms with Gasteiger partial charge in [-0.1, -0.05) is 42.5 Å². The molecule has 1 aliphatic rings. The van der Waals surface area contributed by atoms with Crippen molar-refractivity contribution in [3.63, 3.8) is 0 Å². The molecule has 0 saturated heterocycles. The fraction of sp³-hybridized carbons (Fsp3) is 0.167. The molecule has 1 aliphatic heterocycles. The summed E-state index contributed by atoms with van der Waals surface area (Å²) < 4.78 is 77.1. The smallest absolute Gasteiger partial charge is 0.306 e. The molecule has 0 saturated carbocycles. The van der Waals surface area contributed by atoms with Crippen LogP contribution in [-0.2, 0) is 12.4 Å². The van der Waals surface area contributed by atoms with E-state index in [1.165, 1.54) is 12.1 Å². The number of hydrazone groups is 1. The largest absolute Gasteiger partial charge is 0.416 e. The summed E-state index contributed by atoms with van der Waals surface area (Å²) in [6.07, 6.45) is -8.98. The lowest BCUT2D eigenvalue weighted by atomic mass is 9.90. The number of carbonyl (C=O) groups excluding carboxylic acids is 1. The van der Waals surface area contributed by atoms with Gasteiger partial charge in [0.15, 0.2) is 0 Å². The van der Waals surface area contributed by atoms with Gasteiger partial charge < -0.3 is 5.32 Å². The molecular formula is C24H17F6N3O. The van der Waals surface area contributed by atoms with Gasteiger partial charge >= 0.3 is 18.4 Å². The summed E-state index contributed by atoms with van der Waals surface area (Å²) in [4.78, 5) is 12.8. The van der Waals surface area contributed by atoms with Crippen LogP contribution in [0.2, 0.25) is 0 Å². The van der Waals surface area contributed by atoms with Crippen LogP contribution >= 0.6 is 0 Å². The molecule has 2 amide bonds. The van der Waals surface area contributed by atoms with E-state index in [2.05, 4.69) is 10.4 Å². The number of amides is 2. The Balaban J connectivity index is 1.59. The highest BCUT2D eigenvalue weighted by molar-refractivity contribution is 6.07. The fourth-order valence-electron chi connectivity index (χ4n) is 3.60. The van der Waals surface area contributed by atoms with Crippen molar-refractivity contribution in [1.29, 1.82) is 0 Å². The molecule has 10 heteroatoms. The van der Waals surface area contributed by atoms with Crippen LogP contribution in [0.1, 0.15) is 28.2 Å². The summed E-state index contributed by atoms with van der Waals surface area (Å²) in [6, 6.07) is 16.8. The lowest BCUT2D eigenvalue weighted by Crippen LogP contribution is -2.30. The van der Waals surface area contributed by atoms with Gasteiger partial charge in [-0.3, -0.25) is 0 Å². The number of hydrogen-bond acceptors (Lipinski definition) is 2. The summed E-state index contributed by atoms with van der Waals surface area (Å²) in [5.41, 5.74) is 0.133. The summed E-state index contributed by atoms with van der Waals surface area (Å²) in [5, 5.41) is 7.95. The number of urea groups is 1. The number of benzene rings is 3. The summed E-state index contributed by atoms with van der Waals surface area (Å²) >= 11 is 0. The van der Waals surface area contributed by atoms with Crippen molar-refractivity contribution in [3.05, 3.63) is 101 Å². The maximum Gasteiger partial charge on any atom is 0.416 e. The maximum absolute atomic E-state index is 12.9. The lowest BCUT2D eigenvalue weighted by Gasteiger charge is -2.16. The Kier molecular flexibility index (Phi) is 6.07. The first-order chi connectivity index (χ1) is 16.0. The van der Waals surface area contributed by atoms with Gasteiger partial charge in [0.25, 0.3) is 0 Å². The summed E-state index contributed by atoms with van der Waals surface area (Å²) in [6.45, 7) is 0.104. The normalized spacial score (nSPS) is 16.4. The highest BCUT2D eigenvalue weighted by Gasteiger charge is 2.34. The third kappa shape index (κ3) is 5.05. The van der Waals surface area contributed by atoms with Gasteiger partial charge in [0, 0.05) is 11.6 Å².